The number of benzene rings is 1. The number of hydrogen-bond donors (Lipinski definition) is 1. The van der Waals surface area contributed by atoms with Gasteiger partial charge in [-0.3, -0.25) is 10.1 Å². The molecule has 1 fully saturated rings. The number of nitro benzene ring substituents is 1. The number of hydrogen-bond acceptors (Lipinski definition) is 6. The molecule has 0 spiro atoms. The summed E-state index contributed by atoms with van der Waals surface area (Å²) in [6.07, 6.45) is -0.122. The Kier molecular flexibility index (Phi) is 9.47. The molecule has 0 amide bonds. The normalized spacial score (nSPS) is 19.2. The molecule has 1 heterocycles. The number of nitrogens with two attached hydrogens (primary N) is 1. The van der Waals surface area contributed by atoms with Crippen LogP contribution >= 0.6 is 0 Å². The lowest BCUT2D eigenvalue weighted by Gasteiger charge is -2.12. The number of methoxy groups -OCH3 is 1. The Bertz CT molecular complexity index is 503. The Hall–Kier alpha value is -1.64. The van der Waals surface area contributed by atoms with E-state index in [1.54, 1.807) is 13.0 Å². The molecule has 1 aliphatic rings. The topological polar surface area (TPSA) is 96.9 Å². The molecule has 0 aliphatic carbocycles. The third-order valence-electron chi connectivity index (χ3n) is 3.23. The molecule has 0 aromatic heterocycles. The number of aryl methyl sites for hydroxylation is 1. The van der Waals surface area contributed by atoms with E-state index >= 15 is 0 Å². The van der Waals surface area contributed by atoms with Gasteiger partial charge in [0.05, 0.1) is 24.2 Å². The fourth-order valence-corrected chi connectivity index (χ4v) is 2.10. The molecule has 2 N–H and O–H groups in total. The molecule has 2 unspecified atom stereocenters. The average molecular weight is 326 g/mol. The van der Waals surface area contributed by atoms with Gasteiger partial charge in [0.25, 0.3) is 0 Å². The third-order valence-corrected chi connectivity index (χ3v) is 3.23. The quantitative estimate of drug-likeness (QED) is 0.518. The van der Waals surface area contributed by atoms with E-state index in [-0.39, 0.29) is 23.6 Å². The summed E-state index contributed by atoms with van der Waals surface area (Å²) in [5.41, 5.74) is 5.75. The van der Waals surface area contributed by atoms with Gasteiger partial charge in [0.1, 0.15) is 0 Å². The summed E-state index contributed by atoms with van der Waals surface area (Å²) in [7, 11) is 2.28. The second-order valence-corrected chi connectivity index (χ2v) is 4.68. The van der Waals surface area contributed by atoms with Gasteiger partial charge in [-0.15, -0.1) is 0 Å². The van der Waals surface area contributed by atoms with Crippen molar-refractivity contribution in [3.05, 3.63) is 27.8 Å². The Morgan fingerprint density at radius 3 is 2.09 bits per heavy atom. The third kappa shape index (κ3) is 5.19. The minimum Gasteiger partial charge on any atom is -0.490 e. The van der Waals surface area contributed by atoms with Crippen LogP contribution in [0.25, 0.3) is 0 Å². The van der Waals surface area contributed by atoms with Crippen molar-refractivity contribution in [2.45, 2.75) is 46.8 Å². The first-order valence-corrected chi connectivity index (χ1v) is 7.65. The van der Waals surface area contributed by atoms with Gasteiger partial charge in [0, 0.05) is 11.5 Å². The highest BCUT2D eigenvalue weighted by Gasteiger charge is 2.40. The molecule has 1 aromatic rings. The minimum atomic E-state index is -0.626. The predicted octanol–water partition coefficient (Wildman–Crippen LogP) is 2.03. The van der Waals surface area contributed by atoms with E-state index in [1.807, 2.05) is 27.7 Å². The van der Waals surface area contributed by atoms with Gasteiger partial charge in [-0.25, -0.2) is 0 Å². The Labute approximate surface area is 138 Å². The molecule has 7 nitrogen and oxygen atoms in total. The van der Waals surface area contributed by atoms with Gasteiger partial charge < -0.3 is 19.8 Å². The summed E-state index contributed by atoms with van der Waals surface area (Å²) in [5, 5.41) is 11.1. The van der Waals surface area contributed by atoms with Crippen molar-refractivity contribution >= 4 is 18.3 Å². The van der Waals surface area contributed by atoms with Crippen LogP contribution in [0.15, 0.2) is 12.1 Å². The highest BCUT2D eigenvalue weighted by molar-refractivity contribution is 6.63. The fraction of sp³-hybridized carbons (Fsp3) is 0.600. The van der Waals surface area contributed by atoms with Crippen LogP contribution in [0.5, 0.6) is 5.75 Å². The van der Waals surface area contributed by atoms with E-state index in [9.17, 15) is 10.1 Å². The first kappa shape index (κ1) is 21.4. The van der Waals surface area contributed by atoms with Gasteiger partial charge in [-0.05, 0) is 33.4 Å². The Morgan fingerprint density at radius 2 is 1.70 bits per heavy atom. The predicted molar refractivity (Wildman–Crippen MR) is 92.3 cm³/mol. The molecule has 130 valence electrons. The molecule has 0 bridgehead atoms. The Balaban J connectivity index is 0.00000112. The van der Waals surface area contributed by atoms with E-state index in [0.29, 0.717) is 5.46 Å². The van der Waals surface area contributed by atoms with Crippen molar-refractivity contribution in [2.75, 3.05) is 14.2 Å². The molecule has 2 atom stereocenters. The largest absolute Gasteiger partial charge is 0.498 e. The number of nitrogens with zero attached hydrogens (tertiary/aromatic N) is 1. The van der Waals surface area contributed by atoms with Crippen molar-refractivity contribution in [1.29, 1.82) is 0 Å². The zero-order valence-corrected chi connectivity index (χ0v) is 15.0. The lowest BCUT2D eigenvalue weighted by molar-refractivity contribution is -0.385. The molecule has 1 aliphatic heterocycles. The molecular formula is C15H27BN2O5. The van der Waals surface area contributed by atoms with Gasteiger partial charge in [-0.1, -0.05) is 19.9 Å². The second-order valence-electron chi connectivity index (χ2n) is 4.68. The minimum absolute atomic E-state index is 0.0609. The molecule has 2 rings (SSSR count). The maximum Gasteiger partial charge on any atom is 0.498 e. The van der Waals surface area contributed by atoms with E-state index < -0.39 is 12.0 Å². The number of nitro groups is 1. The lowest BCUT2D eigenvalue weighted by Crippen LogP contribution is -2.34. The van der Waals surface area contributed by atoms with E-state index in [4.69, 9.17) is 14.0 Å². The van der Waals surface area contributed by atoms with Crippen LogP contribution in [0, 0.1) is 17.0 Å². The summed E-state index contributed by atoms with van der Waals surface area (Å²) in [6, 6.07) is 3.27. The summed E-state index contributed by atoms with van der Waals surface area (Å²) < 4.78 is 16.5. The first-order chi connectivity index (χ1) is 10.9. The number of ether oxygens (including phenoxy) is 1. The zero-order valence-electron chi connectivity index (χ0n) is 15.0. The first-order valence-electron chi connectivity index (χ1n) is 7.65. The van der Waals surface area contributed by atoms with Crippen LogP contribution < -0.4 is 15.9 Å². The molecule has 0 saturated carbocycles. The van der Waals surface area contributed by atoms with Gasteiger partial charge in [0.15, 0.2) is 5.75 Å². The standard InChI is InChI=1S/C12H16BNO5.C2H6.CH5N/c1-7-5-10(13-18-8(2)9(3)19-13)12(17-4)11(6-7)14(15)16;2*1-2/h5-6,8-9H,1-4H3;1-2H3;2H2,1H3. The van der Waals surface area contributed by atoms with Gasteiger partial charge >= 0.3 is 12.8 Å². The fourth-order valence-electron chi connectivity index (χ4n) is 2.10. The van der Waals surface area contributed by atoms with Crippen molar-refractivity contribution in [3.8, 4) is 5.75 Å². The van der Waals surface area contributed by atoms with Crippen molar-refractivity contribution in [1.82, 2.24) is 0 Å². The van der Waals surface area contributed by atoms with Crippen LogP contribution in [0.3, 0.4) is 0 Å². The molecular weight excluding hydrogens is 299 g/mol. The molecule has 23 heavy (non-hydrogen) atoms. The summed E-state index contributed by atoms with van der Waals surface area (Å²) in [6.45, 7) is 9.60. The highest BCUT2D eigenvalue weighted by atomic mass is 16.7. The molecule has 0 radical (unpaired) electrons. The van der Waals surface area contributed by atoms with Crippen LogP contribution in [0.2, 0.25) is 0 Å². The van der Waals surface area contributed by atoms with Gasteiger partial charge in [-0.2, -0.15) is 0 Å². The maximum atomic E-state index is 11.1. The average Bonchev–Trinajstić information content (AvgIpc) is 2.89. The van der Waals surface area contributed by atoms with Crippen LogP contribution in [-0.4, -0.2) is 38.4 Å². The van der Waals surface area contributed by atoms with Crippen molar-refractivity contribution < 1.29 is 19.0 Å². The second kappa shape index (κ2) is 10.2. The molecule has 1 saturated heterocycles. The summed E-state index contributed by atoms with van der Waals surface area (Å²) in [5.74, 6) is 0.196. The van der Waals surface area contributed by atoms with E-state index in [1.165, 1.54) is 20.2 Å². The lowest BCUT2D eigenvalue weighted by atomic mass is 9.77. The Morgan fingerprint density at radius 1 is 1.22 bits per heavy atom. The van der Waals surface area contributed by atoms with Crippen LogP contribution in [-0.2, 0) is 9.31 Å². The maximum absolute atomic E-state index is 11.1. The SMILES string of the molecule is CC.CN.COc1c(B2OC(C)C(C)O2)cc(C)cc1[N+](=O)[O-]. The van der Waals surface area contributed by atoms with Crippen molar-refractivity contribution in [3.63, 3.8) is 0 Å². The molecule has 8 heteroatoms. The smallest absolute Gasteiger partial charge is 0.490 e. The number of rotatable bonds is 3. The van der Waals surface area contributed by atoms with E-state index in [0.717, 1.165) is 5.56 Å². The van der Waals surface area contributed by atoms with Crippen LogP contribution in [0.1, 0.15) is 33.3 Å². The monoisotopic (exact) mass is 326 g/mol. The molecule has 1 aromatic carbocycles. The highest BCUT2D eigenvalue weighted by Crippen LogP contribution is 2.28. The van der Waals surface area contributed by atoms with E-state index in [2.05, 4.69) is 5.73 Å². The van der Waals surface area contributed by atoms with Gasteiger partial charge in [0.2, 0.25) is 0 Å². The van der Waals surface area contributed by atoms with Crippen molar-refractivity contribution in [2.24, 2.45) is 5.73 Å². The zero-order chi connectivity index (χ0) is 18.2. The summed E-state index contributed by atoms with van der Waals surface area (Å²) in [4.78, 5) is 10.6. The summed E-state index contributed by atoms with van der Waals surface area (Å²) >= 11 is 0. The van der Waals surface area contributed by atoms with Crippen LogP contribution in [0.4, 0.5) is 5.69 Å².